The summed E-state index contributed by atoms with van der Waals surface area (Å²) in [5.41, 5.74) is 0.970. The molecule has 126 valence electrons. The Morgan fingerprint density at radius 3 is 2.50 bits per heavy atom. The topological polar surface area (TPSA) is 55.4 Å². The Hall–Kier alpha value is -2.40. The first-order valence-corrected chi connectivity index (χ1v) is 7.73. The van der Waals surface area contributed by atoms with Crippen molar-refractivity contribution >= 4 is 23.5 Å². The maximum atomic E-state index is 13.8. The molecule has 2 aromatic rings. The number of halogens is 2. The van der Waals surface area contributed by atoms with Crippen LogP contribution < -0.4 is 5.32 Å². The average Bonchev–Trinajstić information content (AvgIpc) is 2.58. The highest BCUT2D eigenvalue weighted by Gasteiger charge is 2.23. The van der Waals surface area contributed by atoms with Gasteiger partial charge in [-0.1, -0.05) is 48.0 Å². The number of hydrogen-bond acceptors (Lipinski definition) is 3. The van der Waals surface area contributed by atoms with Crippen LogP contribution in [-0.2, 0) is 27.2 Å². The van der Waals surface area contributed by atoms with Crippen LogP contribution in [0.15, 0.2) is 48.5 Å². The number of carbonyl (C=O) groups excluding carboxylic acids is 2. The molecule has 0 aromatic heterocycles. The van der Waals surface area contributed by atoms with E-state index in [0.717, 1.165) is 5.56 Å². The highest BCUT2D eigenvalue weighted by molar-refractivity contribution is 6.31. The number of ether oxygens (including phenoxy) is 1. The zero-order valence-corrected chi connectivity index (χ0v) is 13.8. The minimum atomic E-state index is -0.851. The summed E-state index contributed by atoms with van der Waals surface area (Å²) in [6.07, 6.45) is 0.0258. The van der Waals surface area contributed by atoms with Crippen molar-refractivity contribution in [1.82, 2.24) is 5.32 Å². The lowest BCUT2D eigenvalue weighted by Crippen LogP contribution is -2.43. The van der Waals surface area contributed by atoms with Gasteiger partial charge in [0.15, 0.2) is 0 Å². The van der Waals surface area contributed by atoms with Crippen molar-refractivity contribution in [2.75, 3.05) is 7.11 Å². The second kappa shape index (κ2) is 8.45. The van der Waals surface area contributed by atoms with Gasteiger partial charge in [0.25, 0.3) is 0 Å². The smallest absolute Gasteiger partial charge is 0.328 e. The second-order valence-corrected chi connectivity index (χ2v) is 5.62. The zero-order valence-electron chi connectivity index (χ0n) is 13.1. The fraction of sp³-hybridized carbons (Fsp3) is 0.222. The summed E-state index contributed by atoms with van der Waals surface area (Å²) in [6, 6.07) is 12.6. The molecule has 1 amide bonds. The van der Waals surface area contributed by atoms with Gasteiger partial charge in [0.1, 0.15) is 11.9 Å². The van der Waals surface area contributed by atoms with Crippen molar-refractivity contribution in [2.45, 2.75) is 18.9 Å². The van der Waals surface area contributed by atoms with Gasteiger partial charge in [-0.3, -0.25) is 4.79 Å². The molecule has 0 fully saturated rings. The number of hydrogen-bond donors (Lipinski definition) is 1. The molecule has 2 aromatic carbocycles. The third-order valence-electron chi connectivity index (χ3n) is 3.50. The fourth-order valence-electron chi connectivity index (χ4n) is 2.29. The van der Waals surface area contributed by atoms with Gasteiger partial charge < -0.3 is 10.1 Å². The Labute approximate surface area is 144 Å². The lowest BCUT2D eigenvalue weighted by Gasteiger charge is -2.17. The van der Waals surface area contributed by atoms with Crippen molar-refractivity contribution in [2.24, 2.45) is 0 Å². The van der Waals surface area contributed by atoms with Gasteiger partial charge in [0, 0.05) is 17.0 Å². The van der Waals surface area contributed by atoms with Crippen LogP contribution in [-0.4, -0.2) is 25.0 Å². The molecule has 0 radical (unpaired) electrons. The highest BCUT2D eigenvalue weighted by atomic mass is 35.5. The number of nitrogens with one attached hydrogen (secondary N) is 1. The quantitative estimate of drug-likeness (QED) is 0.816. The summed E-state index contributed by atoms with van der Waals surface area (Å²) < 4.78 is 18.5. The van der Waals surface area contributed by atoms with Gasteiger partial charge in [-0.15, -0.1) is 0 Å². The Bertz CT molecular complexity index is 701. The Morgan fingerprint density at radius 1 is 1.17 bits per heavy atom. The van der Waals surface area contributed by atoms with Gasteiger partial charge in [-0.25, -0.2) is 9.18 Å². The molecule has 0 unspecified atom stereocenters. The summed E-state index contributed by atoms with van der Waals surface area (Å²) >= 11 is 5.92. The van der Waals surface area contributed by atoms with Gasteiger partial charge in [0.2, 0.25) is 5.91 Å². The Balaban J connectivity index is 2.08. The molecular formula is C18H17ClFNO3. The van der Waals surface area contributed by atoms with Crippen LogP contribution in [0.25, 0.3) is 0 Å². The maximum Gasteiger partial charge on any atom is 0.328 e. The van der Waals surface area contributed by atoms with E-state index in [2.05, 4.69) is 5.32 Å². The van der Waals surface area contributed by atoms with E-state index in [9.17, 15) is 14.0 Å². The van der Waals surface area contributed by atoms with Crippen LogP contribution >= 0.6 is 11.6 Å². The molecule has 0 aliphatic heterocycles. The maximum absolute atomic E-state index is 13.8. The minimum absolute atomic E-state index is 0.0972. The van der Waals surface area contributed by atoms with Crippen molar-refractivity contribution < 1.29 is 18.7 Å². The zero-order chi connectivity index (χ0) is 17.5. The Morgan fingerprint density at radius 2 is 1.88 bits per heavy atom. The van der Waals surface area contributed by atoms with Crippen LogP contribution in [0.2, 0.25) is 5.02 Å². The van der Waals surface area contributed by atoms with E-state index in [0.29, 0.717) is 0 Å². The van der Waals surface area contributed by atoms with E-state index < -0.39 is 23.7 Å². The minimum Gasteiger partial charge on any atom is -0.467 e. The van der Waals surface area contributed by atoms with Crippen LogP contribution in [0.5, 0.6) is 0 Å². The molecule has 6 heteroatoms. The monoisotopic (exact) mass is 349 g/mol. The van der Waals surface area contributed by atoms with Gasteiger partial charge >= 0.3 is 5.97 Å². The van der Waals surface area contributed by atoms with E-state index in [1.165, 1.54) is 25.3 Å². The molecule has 0 aliphatic rings. The molecule has 2 rings (SSSR count). The van der Waals surface area contributed by atoms with E-state index in [-0.39, 0.29) is 23.4 Å². The van der Waals surface area contributed by atoms with Crippen LogP contribution in [0.1, 0.15) is 11.1 Å². The predicted molar refractivity (Wildman–Crippen MR) is 89.2 cm³/mol. The van der Waals surface area contributed by atoms with Crippen LogP contribution in [0.3, 0.4) is 0 Å². The van der Waals surface area contributed by atoms with Crippen molar-refractivity contribution in [3.63, 3.8) is 0 Å². The third-order valence-corrected chi connectivity index (χ3v) is 3.86. The summed E-state index contributed by atoms with van der Waals surface area (Å²) in [4.78, 5) is 24.1. The third kappa shape index (κ3) is 4.80. The van der Waals surface area contributed by atoms with E-state index in [1.54, 1.807) is 0 Å². The first-order chi connectivity index (χ1) is 11.5. The van der Waals surface area contributed by atoms with Crippen molar-refractivity contribution in [3.05, 3.63) is 70.5 Å². The molecule has 24 heavy (non-hydrogen) atoms. The fourth-order valence-corrected chi connectivity index (χ4v) is 2.52. The van der Waals surface area contributed by atoms with Crippen molar-refractivity contribution in [3.8, 4) is 0 Å². The lowest BCUT2D eigenvalue weighted by atomic mass is 10.1. The van der Waals surface area contributed by atoms with Gasteiger partial charge in [-0.05, 0) is 17.7 Å². The molecular weight excluding hydrogens is 333 g/mol. The van der Waals surface area contributed by atoms with E-state index in [1.807, 2.05) is 30.3 Å². The SMILES string of the molecule is COC(=O)[C@H](Cc1ccccc1)NC(=O)Cc1c(F)cccc1Cl. The molecule has 0 aliphatic carbocycles. The Kier molecular flexibility index (Phi) is 6.32. The number of benzene rings is 2. The molecule has 1 atom stereocenters. The molecule has 0 spiro atoms. The predicted octanol–water partition coefficient (Wildman–Crippen LogP) is 2.92. The van der Waals surface area contributed by atoms with E-state index in [4.69, 9.17) is 16.3 Å². The largest absolute Gasteiger partial charge is 0.467 e. The molecule has 0 saturated heterocycles. The second-order valence-electron chi connectivity index (χ2n) is 5.21. The van der Waals surface area contributed by atoms with Gasteiger partial charge in [-0.2, -0.15) is 0 Å². The number of esters is 1. The molecule has 0 heterocycles. The summed E-state index contributed by atoms with van der Waals surface area (Å²) in [5.74, 6) is -1.63. The summed E-state index contributed by atoms with van der Waals surface area (Å²) in [6.45, 7) is 0. The average molecular weight is 350 g/mol. The molecule has 4 nitrogen and oxygen atoms in total. The highest BCUT2D eigenvalue weighted by Crippen LogP contribution is 2.19. The number of amides is 1. The van der Waals surface area contributed by atoms with Crippen LogP contribution in [0.4, 0.5) is 4.39 Å². The summed E-state index contributed by atoms with van der Waals surface area (Å²) in [5, 5.41) is 2.75. The first kappa shape index (κ1) is 17.9. The number of methoxy groups -OCH3 is 1. The molecule has 1 N–H and O–H groups in total. The number of rotatable bonds is 6. The summed E-state index contributed by atoms with van der Waals surface area (Å²) in [7, 11) is 1.25. The normalized spacial score (nSPS) is 11.6. The van der Waals surface area contributed by atoms with Crippen molar-refractivity contribution in [1.29, 1.82) is 0 Å². The molecule has 0 bridgehead atoms. The van der Waals surface area contributed by atoms with Gasteiger partial charge in [0.05, 0.1) is 13.5 Å². The lowest BCUT2D eigenvalue weighted by molar-refractivity contribution is -0.145. The molecule has 0 saturated carbocycles. The standard InChI is InChI=1S/C18H17ClFNO3/c1-24-18(23)16(10-12-6-3-2-4-7-12)21-17(22)11-13-14(19)8-5-9-15(13)20/h2-9,16H,10-11H2,1H3,(H,21,22)/t16-/m0/s1. The first-order valence-electron chi connectivity index (χ1n) is 7.35. The van der Waals surface area contributed by atoms with E-state index >= 15 is 0 Å². The number of carbonyl (C=O) groups is 2. The van der Waals surface area contributed by atoms with Crippen LogP contribution in [0, 0.1) is 5.82 Å².